The maximum Gasteiger partial charge on any atom is 0.191 e. The highest BCUT2D eigenvalue weighted by Crippen LogP contribution is 2.34. The summed E-state index contributed by atoms with van der Waals surface area (Å²) in [5.41, 5.74) is 1.15. The third-order valence-corrected chi connectivity index (χ3v) is 4.81. The van der Waals surface area contributed by atoms with E-state index < -0.39 is 0 Å². The molecule has 3 unspecified atom stereocenters. The van der Waals surface area contributed by atoms with Gasteiger partial charge >= 0.3 is 0 Å². The van der Waals surface area contributed by atoms with Crippen LogP contribution in [0, 0.1) is 6.92 Å². The maximum atomic E-state index is 5.85. The first-order valence-electron chi connectivity index (χ1n) is 7.28. The highest BCUT2D eigenvalue weighted by molar-refractivity contribution is 14.0. The molecule has 2 saturated heterocycles. The first-order chi connectivity index (χ1) is 9.74. The Kier molecular flexibility index (Phi) is 6.24. The van der Waals surface area contributed by atoms with Gasteiger partial charge in [0, 0.05) is 25.4 Å². The van der Waals surface area contributed by atoms with E-state index in [-0.39, 0.29) is 24.0 Å². The van der Waals surface area contributed by atoms with E-state index in [4.69, 9.17) is 4.74 Å². The molecule has 0 aliphatic carbocycles. The van der Waals surface area contributed by atoms with Gasteiger partial charge in [-0.1, -0.05) is 0 Å². The van der Waals surface area contributed by atoms with Gasteiger partial charge in [-0.15, -0.1) is 35.3 Å². The molecule has 3 rings (SSSR count). The molecule has 5 nitrogen and oxygen atoms in total. The number of aliphatic imine (C=N–C) groups is 1. The number of guanidine groups is 1. The summed E-state index contributed by atoms with van der Waals surface area (Å²) in [6.45, 7) is 2.89. The van der Waals surface area contributed by atoms with Crippen LogP contribution in [-0.2, 0) is 11.2 Å². The third kappa shape index (κ3) is 4.29. The topological polar surface area (TPSA) is 58.5 Å². The third-order valence-electron chi connectivity index (χ3n) is 3.99. The number of aromatic nitrogens is 1. The lowest BCUT2D eigenvalue weighted by molar-refractivity contribution is 0.0992. The van der Waals surface area contributed by atoms with Crippen LogP contribution in [0.3, 0.4) is 0 Å². The lowest BCUT2D eigenvalue weighted by Crippen LogP contribution is -2.47. The van der Waals surface area contributed by atoms with Crippen molar-refractivity contribution < 1.29 is 4.74 Å². The van der Waals surface area contributed by atoms with Gasteiger partial charge in [0.2, 0.25) is 0 Å². The van der Waals surface area contributed by atoms with Crippen LogP contribution >= 0.6 is 35.3 Å². The number of fused-ring (bicyclic) bond motifs is 2. The molecule has 2 fully saturated rings. The number of rotatable bonds is 4. The Balaban J connectivity index is 0.00000161. The lowest BCUT2D eigenvalue weighted by atomic mass is 9.96. The van der Waals surface area contributed by atoms with Gasteiger partial charge in [-0.3, -0.25) is 4.99 Å². The Morgan fingerprint density at radius 3 is 2.95 bits per heavy atom. The van der Waals surface area contributed by atoms with Crippen molar-refractivity contribution in [3.63, 3.8) is 0 Å². The Bertz CT molecular complexity index is 493. The number of ether oxygens (including phenoxy) is 1. The molecule has 2 N–H and O–H groups in total. The normalized spacial score (nSPS) is 27.5. The number of hydrogen-bond acceptors (Lipinski definition) is 4. The van der Waals surface area contributed by atoms with Crippen LogP contribution in [0.15, 0.2) is 10.4 Å². The molecule has 2 bridgehead atoms. The zero-order valence-electron chi connectivity index (χ0n) is 12.5. The summed E-state index contributed by atoms with van der Waals surface area (Å²) >= 11 is 1.70. The molecule has 118 valence electrons. The number of aryl methyl sites for hydroxylation is 1. The molecular weight excluding hydrogens is 399 g/mol. The predicted molar refractivity (Wildman–Crippen MR) is 96.8 cm³/mol. The molecule has 0 radical (unpaired) electrons. The van der Waals surface area contributed by atoms with Gasteiger partial charge in [0.1, 0.15) is 0 Å². The van der Waals surface area contributed by atoms with E-state index in [1.165, 1.54) is 12.8 Å². The summed E-state index contributed by atoms with van der Waals surface area (Å²) in [5.74, 6) is 0.873. The van der Waals surface area contributed by atoms with E-state index in [1.807, 2.05) is 14.0 Å². The van der Waals surface area contributed by atoms with Gasteiger partial charge in [0.15, 0.2) is 5.96 Å². The van der Waals surface area contributed by atoms with E-state index in [1.54, 1.807) is 11.3 Å². The van der Waals surface area contributed by atoms with E-state index in [0.29, 0.717) is 18.2 Å². The Morgan fingerprint density at radius 2 is 2.38 bits per heavy atom. The Hall–Kier alpha value is -0.410. The predicted octanol–water partition coefficient (Wildman–Crippen LogP) is 2.10. The number of halogens is 1. The largest absolute Gasteiger partial charge is 0.373 e. The molecule has 0 amide bonds. The molecule has 1 aromatic rings. The standard InChI is InChI=1S/C14H22N4OS.HI/c1-9-17-10(8-20-9)5-6-16-14(15-2)18-12-7-11-3-4-13(12)19-11;/h8,11-13H,3-7H2,1-2H3,(H2,15,16,18);1H. The average Bonchev–Trinajstić information content (AvgIpc) is 3.14. The smallest absolute Gasteiger partial charge is 0.191 e. The molecule has 0 spiro atoms. The second-order valence-electron chi connectivity index (χ2n) is 5.47. The van der Waals surface area contributed by atoms with Crippen molar-refractivity contribution >= 4 is 41.3 Å². The van der Waals surface area contributed by atoms with E-state index >= 15 is 0 Å². The van der Waals surface area contributed by atoms with Crippen LogP contribution in [0.1, 0.15) is 30.0 Å². The minimum absolute atomic E-state index is 0. The van der Waals surface area contributed by atoms with Crippen LogP contribution in [-0.4, -0.2) is 42.8 Å². The molecule has 0 saturated carbocycles. The SMILES string of the molecule is CN=C(NCCc1csc(C)n1)NC1CC2CCC1O2.I. The lowest BCUT2D eigenvalue weighted by Gasteiger charge is -2.22. The van der Waals surface area contributed by atoms with E-state index in [9.17, 15) is 0 Å². The van der Waals surface area contributed by atoms with Gasteiger partial charge in [-0.25, -0.2) is 4.98 Å². The summed E-state index contributed by atoms with van der Waals surface area (Å²) in [7, 11) is 1.82. The van der Waals surface area contributed by atoms with E-state index in [2.05, 4.69) is 26.0 Å². The Morgan fingerprint density at radius 1 is 1.52 bits per heavy atom. The van der Waals surface area contributed by atoms with Gasteiger partial charge in [0.25, 0.3) is 0 Å². The molecule has 7 heteroatoms. The first kappa shape index (κ1) is 17.0. The van der Waals surface area contributed by atoms with Crippen LogP contribution in [0.2, 0.25) is 0 Å². The highest BCUT2D eigenvalue weighted by atomic mass is 127. The maximum absolute atomic E-state index is 5.85. The molecule has 3 heterocycles. The quantitative estimate of drug-likeness (QED) is 0.444. The van der Waals surface area contributed by atoms with Crippen molar-refractivity contribution in [1.82, 2.24) is 15.6 Å². The summed E-state index contributed by atoms with van der Waals surface area (Å²) in [6.07, 6.45) is 5.28. The van der Waals surface area contributed by atoms with Crippen molar-refractivity contribution in [2.75, 3.05) is 13.6 Å². The minimum atomic E-state index is 0. The molecule has 21 heavy (non-hydrogen) atoms. The molecule has 2 aliphatic heterocycles. The zero-order valence-corrected chi connectivity index (χ0v) is 15.6. The summed E-state index contributed by atoms with van der Waals surface area (Å²) in [5, 5.41) is 10.1. The highest BCUT2D eigenvalue weighted by Gasteiger charge is 2.41. The van der Waals surface area contributed by atoms with Gasteiger partial charge in [0.05, 0.1) is 29.0 Å². The van der Waals surface area contributed by atoms with Crippen molar-refractivity contribution in [1.29, 1.82) is 0 Å². The van der Waals surface area contributed by atoms with Crippen LogP contribution < -0.4 is 10.6 Å². The fourth-order valence-electron chi connectivity index (χ4n) is 2.99. The molecule has 1 aromatic heterocycles. The first-order valence-corrected chi connectivity index (χ1v) is 8.16. The van der Waals surface area contributed by atoms with Gasteiger partial charge < -0.3 is 15.4 Å². The van der Waals surface area contributed by atoms with Crippen LogP contribution in [0.25, 0.3) is 0 Å². The second-order valence-corrected chi connectivity index (χ2v) is 6.53. The fourth-order valence-corrected chi connectivity index (χ4v) is 3.64. The van der Waals surface area contributed by atoms with Crippen molar-refractivity contribution in [3.8, 4) is 0 Å². The number of nitrogens with one attached hydrogen (secondary N) is 2. The molecule has 2 aliphatic rings. The minimum Gasteiger partial charge on any atom is -0.373 e. The average molecular weight is 422 g/mol. The van der Waals surface area contributed by atoms with Crippen molar-refractivity contribution in [2.24, 2.45) is 4.99 Å². The van der Waals surface area contributed by atoms with Crippen molar-refractivity contribution in [3.05, 3.63) is 16.1 Å². The van der Waals surface area contributed by atoms with Gasteiger partial charge in [-0.2, -0.15) is 0 Å². The fraction of sp³-hybridized carbons (Fsp3) is 0.714. The van der Waals surface area contributed by atoms with Crippen molar-refractivity contribution in [2.45, 2.75) is 50.9 Å². The summed E-state index contributed by atoms with van der Waals surface area (Å²) in [4.78, 5) is 8.76. The second kappa shape index (κ2) is 7.73. The van der Waals surface area contributed by atoms with Gasteiger partial charge in [-0.05, 0) is 26.2 Å². The molecule has 3 atom stereocenters. The summed E-state index contributed by atoms with van der Waals surface area (Å²) in [6, 6.07) is 0.418. The number of hydrogen-bond donors (Lipinski definition) is 2. The molecular formula is C14H23IN4OS. The number of nitrogens with zero attached hydrogens (tertiary/aromatic N) is 2. The molecule has 0 aromatic carbocycles. The van der Waals surface area contributed by atoms with Crippen LogP contribution in [0.5, 0.6) is 0 Å². The monoisotopic (exact) mass is 422 g/mol. The Labute approximate surface area is 147 Å². The van der Waals surface area contributed by atoms with E-state index in [0.717, 1.165) is 36.0 Å². The summed E-state index contributed by atoms with van der Waals surface area (Å²) < 4.78 is 5.85. The zero-order chi connectivity index (χ0) is 13.9. The number of thiazole rings is 1. The van der Waals surface area contributed by atoms with Crippen LogP contribution in [0.4, 0.5) is 0 Å².